The minimum absolute atomic E-state index is 0.0423. The molecule has 3 heterocycles. The molecule has 0 spiro atoms. The number of ether oxygens (including phenoxy) is 1. The summed E-state index contributed by atoms with van der Waals surface area (Å²) >= 11 is 6.18. The summed E-state index contributed by atoms with van der Waals surface area (Å²) in [4.78, 5) is 43.7. The Balaban J connectivity index is 1.61. The molecule has 2 amide bonds. The molecule has 1 fully saturated rings. The zero-order valence-electron chi connectivity index (χ0n) is 29.5. The average Bonchev–Trinajstić information content (AvgIpc) is 3.42. The third kappa shape index (κ3) is 8.97. The maximum absolute atomic E-state index is 14.0. The monoisotopic (exact) mass is 679 g/mol. The molecule has 0 radical (unpaired) electrons. The molecule has 0 N–H and O–H groups in total. The Kier molecular flexibility index (Phi) is 11.2. The molecule has 0 aliphatic carbocycles. The quantitative estimate of drug-likeness (QED) is 0.165. The number of nitrogens with zero attached hydrogens (tertiary/aromatic N) is 5. The Morgan fingerprint density at radius 1 is 1.00 bits per heavy atom. The van der Waals surface area contributed by atoms with E-state index in [1.807, 2.05) is 62.9 Å². The molecule has 0 bridgehead atoms. The normalized spacial score (nSPS) is 18.5. The lowest BCUT2D eigenvalue weighted by Crippen LogP contribution is -2.50. The molecule has 3 aromatic rings. The van der Waals surface area contributed by atoms with E-state index in [9.17, 15) is 9.59 Å². The lowest BCUT2D eigenvalue weighted by Gasteiger charge is -2.43. The molecule has 4 rings (SSSR count). The van der Waals surface area contributed by atoms with E-state index < -0.39 is 20.0 Å². The number of halogens is 1. The van der Waals surface area contributed by atoms with Gasteiger partial charge in [-0.15, -0.1) is 0 Å². The van der Waals surface area contributed by atoms with Crippen molar-refractivity contribution in [1.82, 2.24) is 24.8 Å². The topological polar surface area (TPSA) is 97.8 Å². The van der Waals surface area contributed by atoms with Gasteiger partial charge in [0.05, 0.1) is 30.1 Å². The molecule has 254 valence electrons. The minimum atomic E-state index is -2.28. The van der Waals surface area contributed by atoms with Crippen molar-refractivity contribution in [1.29, 1.82) is 0 Å². The summed E-state index contributed by atoms with van der Waals surface area (Å²) < 4.78 is 13.1. The van der Waals surface area contributed by atoms with Gasteiger partial charge in [-0.05, 0) is 88.9 Å². The standard InChI is InChI=1S/C36H50ClN5O4Si/c1-24(29-23-38-19-20-39-29)41(8)33(43)26-13-11-25(12-14-26)21-28-16-17-30(42(28)34(44)45-35(2,3)4)32(27-15-18-31(37)40-22-27)46-47(9,10)36(5,6)7/h11-15,18-20,22-24,28,30,32H,16-17,21H2,1-10H3/t24?,28-,30+,32+/m0/s1. The number of rotatable bonds is 9. The van der Waals surface area contributed by atoms with Crippen LogP contribution in [0.4, 0.5) is 4.79 Å². The first-order valence-electron chi connectivity index (χ1n) is 16.3. The molecule has 1 aliphatic rings. The highest BCUT2D eigenvalue weighted by Crippen LogP contribution is 2.44. The number of likely N-dealkylation sites (tertiary alicyclic amines) is 1. The van der Waals surface area contributed by atoms with E-state index in [1.54, 1.807) is 42.8 Å². The summed E-state index contributed by atoms with van der Waals surface area (Å²) in [5.74, 6) is -0.104. The highest BCUT2D eigenvalue weighted by atomic mass is 35.5. The Morgan fingerprint density at radius 2 is 1.68 bits per heavy atom. The molecule has 1 unspecified atom stereocenters. The zero-order valence-corrected chi connectivity index (χ0v) is 31.2. The SMILES string of the molecule is CC(c1cnccn1)N(C)C(=O)c1ccc(C[C@@H]2CC[C@H]([C@H](O[Si](C)(C)C(C)(C)C)c3ccc(Cl)nc3)N2C(=O)OC(C)(C)C)cc1. The van der Waals surface area contributed by atoms with Crippen LogP contribution in [0.15, 0.2) is 61.2 Å². The van der Waals surface area contributed by atoms with Crippen molar-refractivity contribution in [2.24, 2.45) is 0 Å². The molecule has 9 nitrogen and oxygen atoms in total. The van der Waals surface area contributed by atoms with Crippen molar-refractivity contribution in [3.05, 3.63) is 88.7 Å². The van der Waals surface area contributed by atoms with Crippen LogP contribution in [0, 0.1) is 0 Å². The number of carbonyl (C=O) groups excluding carboxylic acids is 2. The minimum Gasteiger partial charge on any atom is -0.444 e. The predicted octanol–water partition coefficient (Wildman–Crippen LogP) is 8.43. The molecule has 1 saturated heterocycles. The van der Waals surface area contributed by atoms with E-state index >= 15 is 0 Å². The predicted molar refractivity (Wildman–Crippen MR) is 188 cm³/mol. The van der Waals surface area contributed by atoms with Crippen molar-refractivity contribution in [2.45, 2.75) is 116 Å². The largest absolute Gasteiger partial charge is 0.444 e. The summed E-state index contributed by atoms with van der Waals surface area (Å²) in [6, 6.07) is 10.8. The highest BCUT2D eigenvalue weighted by Gasteiger charge is 2.48. The number of hydrogen-bond donors (Lipinski definition) is 0. The van der Waals surface area contributed by atoms with Crippen molar-refractivity contribution in [3.8, 4) is 0 Å². The first-order valence-corrected chi connectivity index (χ1v) is 19.6. The van der Waals surface area contributed by atoms with Gasteiger partial charge in [-0.2, -0.15) is 0 Å². The first-order chi connectivity index (χ1) is 21.9. The first kappa shape index (κ1) is 36.5. The Labute approximate surface area is 286 Å². The second kappa shape index (κ2) is 14.4. The fourth-order valence-corrected chi connectivity index (χ4v) is 6.98. The molecule has 1 aliphatic heterocycles. The Bertz CT molecular complexity index is 1510. The van der Waals surface area contributed by atoms with Crippen molar-refractivity contribution in [3.63, 3.8) is 0 Å². The van der Waals surface area contributed by atoms with Crippen LogP contribution in [0.1, 0.15) is 101 Å². The van der Waals surface area contributed by atoms with Gasteiger partial charge >= 0.3 is 6.09 Å². The zero-order chi connectivity index (χ0) is 34.7. The van der Waals surface area contributed by atoms with E-state index in [2.05, 4.69) is 48.8 Å². The Morgan fingerprint density at radius 3 is 2.23 bits per heavy atom. The molecule has 0 saturated carbocycles. The van der Waals surface area contributed by atoms with Gasteiger partial charge in [0, 0.05) is 42.8 Å². The molecule has 4 atom stereocenters. The van der Waals surface area contributed by atoms with Crippen molar-refractivity contribution >= 4 is 31.9 Å². The lowest BCUT2D eigenvalue weighted by atomic mass is 10.0. The number of benzene rings is 1. The van der Waals surface area contributed by atoms with Crippen LogP contribution in [0.25, 0.3) is 0 Å². The third-order valence-corrected chi connectivity index (χ3v) is 14.1. The van der Waals surface area contributed by atoms with E-state index in [1.165, 1.54) is 0 Å². The summed E-state index contributed by atoms with van der Waals surface area (Å²) in [5.41, 5.74) is 2.56. The smallest absolute Gasteiger partial charge is 0.410 e. The molecular weight excluding hydrogens is 630 g/mol. The van der Waals surface area contributed by atoms with Crippen molar-refractivity contribution in [2.75, 3.05) is 7.05 Å². The average molecular weight is 680 g/mol. The fraction of sp³-hybridized carbons (Fsp3) is 0.528. The number of amides is 2. The number of hydrogen-bond acceptors (Lipinski definition) is 7. The van der Waals surface area contributed by atoms with Gasteiger partial charge in [-0.1, -0.05) is 50.6 Å². The van der Waals surface area contributed by atoms with Gasteiger partial charge in [0.2, 0.25) is 0 Å². The maximum Gasteiger partial charge on any atom is 0.410 e. The molecule has 11 heteroatoms. The van der Waals surface area contributed by atoms with E-state index in [0.29, 0.717) is 17.1 Å². The summed E-state index contributed by atoms with van der Waals surface area (Å²) in [6.07, 6.45) is 8.06. The molecule has 2 aromatic heterocycles. The number of aromatic nitrogens is 3. The molecule has 47 heavy (non-hydrogen) atoms. The van der Waals surface area contributed by atoms with Crippen LogP contribution in [0.2, 0.25) is 23.3 Å². The molecule has 1 aromatic carbocycles. The van der Waals surface area contributed by atoms with Gasteiger partial charge in [0.15, 0.2) is 8.32 Å². The number of pyridine rings is 1. The number of carbonyl (C=O) groups is 2. The van der Waals surface area contributed by atoms with Gasteiger partial charge in [-0.3, -0.25) is 19.7 Å². The Hall–Kier alpha value is -3.34. The van der Waals surface area contributed by atoms with E-state index in [0.717, 1.165) is 29.7 Å². The van der Waals surface area contributed by atoms with Gasteiger partial charge in [0.1, 0.15) is 10.8 Å². The van der Waals surface area contributed by atoms with Crippen LogP contribution in [0.3, 0.4) is 0 Å². The van der Waals surface area contributed by atoms with Gasteiger partial charge in [0.25, 0.3) is 5.91 Å². The maximum atomic E-state index is 14.0. The second-order valence-electron chi connectivity index (χ2n) is 15.0. The van der Waals surface area contributed by atoms with Gasteiger partial charge in [-0.25, -0.2) is 9.78 Å². The van der Waals surface area contributed by atoms with Gasteiger partial charge < -0.3 is 14.1 Å². The summed E-state index contributed by atoms with van der Waals surface area (Å²) in [5, 5.41) is 0.365. The van der Waals surface area contributed by atoms with Crippen LogP contribution in [-0.2, 0) is 15.6 Å². The van der Waals surface area contributed by atoms with Crippen LogP contribution < -0.4 is 0 Å². The lowest BCUT2D eigenvalue weighted by molar-refractivity contribution is -0.00244. The van der Waals surface area contributed by atoms with Crippen LogP contribution in [0.5, 0.6) is 0 Å². The summed E-state index contributed by atoms with van der Waals surface area (Å²) in [7, 11) is -0.509. The van der Waals surface area contributed by atoms with Crippen LogP contribution in [-0.4, -0.2) is 69.8 Å². The van der Waals surface area contributed by atoms with Crippen molar-refractivity contribution < 1.29 is 18.8 Å². The van der Waals surface area contributed by atoms with E-state index in [-0.39, 0.29) is 35.2 Å². The fourth-order valence-electron chi connectivity index (χ4n) is 5.59. The summed E-state index contributed by atoms with van der Waals surface area (Å²) in [6.45, 7) is 18.7. The molecular formula is C36H50ClN5O4Si. The van der Waals surface area contributed by atoms with Crippen LogP contribution >= 0.6 is 11.6 Å². The highest BCUT2D eigenvalue weighted by molar-refractivity contribution is 6.74. The second-order valence-corrected chi connectivity index (χ2v) is 20.2. The third-order valence-electron chi connectivity index (χ3n) is 9.39. The van der Waals surface area contributed by atoms with E-state index in [4.69, 9.17) is 20.8 Å².